The minimum atomic E-state index is -1.03. The van der Waals surface area contributed by atoms with E-state index in [9.17, 15) is 0 Å². The van der Waals surface area contributed by atoms with Crippen molar-refractivity contribution in [1.82, 2.24) is 0 Å². The molecular formula is C16H19ClO4. The van der Waals surface area contributed by atoms with Gasteiger partial charge in [-0.1, -0.05) is 23.4 Å². The molecule has 0 aliphatic carbocycles. The Morgan fingerprint density at radius 1 is 1.14 bits per heavy atom. The van der Waals surface area contributed by atoms with Gasteiger partial charge in [-0.05, 0) is 38.1 Å². The second kappa shape index (κ2) is 6.35. The quantitative estimate of drug-likeness (QED) is 0.787. The molecule has 21 heavy (non-hydrogen) atoms. The van der Waals surface area contributed by atoms with Crippen molar-refractivity contribution in [3.63, 3.8) is 0 Å². The number of hydrogen-bond donors (Lipinski definition) is 0. The summed E-state index contributed by atoms with van der Waals surface area (Å²) in [5.74, 6) is 4.07. The molecule has 0 N–H and O–H groups in total. The monoisotopic (exact) mass is 310 g/mol. The predicted octanol–water partition coefficient (Wildman–Crippen LogP) is 2.83. The Morgan fingerprint density at radius 3 is 2.33 bits per heavy atom. The molecule has 1 heterocycles. The van der Waals surface area contributed by atoms with E-state index in [1.165, 1.54) is 0 Å². The molecule has 0 aromatic heterocycles. The molecule has 114 valence electrons. The third-order valence-electron chi connectivity index (χ3n) is 3.70. The lowest BCUT2D eigenvalue weighted by Gasteiger charge is -2.47. The van der Waals surface area contributed by atoms with Crippen LogP contribution < -0.4 is 0 Å². The summed E-state index contributed by atoms with van der Waals surface area (Å²) in [6.07, 6.45) is -0.395. The van der Waals surface area contributed by atoms with E-state index in [2.05, 4.69) is 11.8 Å². The van der Waals surface area contributed by atoms with Crippen molar-refractivity contribution >= 4 is 11.6 Å². The highest BCUT2D eigenvalue weighted by Gasteiger charge is 2.53. The van der Waals surface area contributed by atoms with Crippen LogP contribution in [0.15, 0.2) is 24.3 Å². The van der Waals surface area contributed by atoms with Gasteiger partial charge in [0, 0.05) is 24.8 Å². The first-order valence-electron chi connectivity index (χ1n) is 6.61. The Morgan fingerprint density at radius 2 is 1.76 bits per heavy atom. The number of ether oxygens (including phenoxy) is 4. The minimum Gasteiger partial charge on any atom is -0.349 e. The van der Waals surface area contributed by atoms with Gasteiger partial charge in [-0.25, -0.2) is 0 Å². The summed E-state index contributed by atoms with van der Waals surface area (Å²) in [5, 5.41) is 0.681. The summed E-state index contributed by atoms with van der Waals surface area (Å²) in [4.78, 5) is 0. The summed E-state index contributed by atoms with van der Waals surface area (Å²) in [5.41, 5.74) is 0.863. The van der Waals surface area contributed by atoms with Gasteiger partial charge in [0.15, 0.2) is 0 Å². The van der Waals surface area contributed by atoms with Crippen LogP contribution in [0.25, 0.3) is 0 Å². The summed E-state index contributed by atoms with van der Waals surface area (Å²) in [7, 11) is 3.11. The molecule has 0 unspecified atom stereocenters. The van der Waals surface area contributed by atoms with Gasteiger partial charge in [0.2, 0.25) is 11.6 Å². The average molecular weight is 311 g/mol. The van der Waals surface area contributed by atoms with Gasteiger partial charge >= 0.3 is 0 Å². The second-order valence-electron chi connectivity index (χ2n) is 4.99. The summed E-state index contributed by atoms with van der Waals surface area (Å²) < 4.78 is 22.4. The number of benzene rings is 1. The van der Waals surface area contributed by atoms with Crippen LogP contribution in [0.5, 0.6) is 0 Å². The van der Waals surface area contributed by atoms with Crippen LogP contribution in [0, 0.1) is 11.8 Å². The van der Waals surface area contributed by atoms with Crippen LogP contribution in [0.2, 0.25) is 5.02 Å². The molecule has 0 bridgehead atoms. The first-order valence-corrected chi connectivity index (χ1v) is 6.99. The van der Waals surface area contributed by atoms with Crippen LogP contribution in [0.3, 0.4) is 0 Å². The molecule has 3 atom stereocenters. The van der Waals surface area contributed by atoms with Crippen LogP contribution in [0.4, 0.5) is 0 Å². The molecule has 1 saturated heterocycles. The SMILES string of the molecule is CO[C@]1(C)OC[C@H](C#Cc2ccc(Cl)cc2)O[C@@]1(C)OC. The maximum atomic E-state index is 5.90. The Labute approximate surface area is 130 Å². The lowest BCUT2D eigenvalue weighted by molar-refractivity contribution is -0.424. The van der Waals surface area contributed by atoms with Crippen LogP contribution >= 0.6 is 11.6 Å². The molecule has 1 fully saturated rings. The summed E-state index contributed by atoms with van der Waals surface area (Å²) >= 11 is 5.84. The highest BCUT2D eigenvalue weighted by atomic mass is 35.5. The van der Waals surface area contributed by atoms with E-state index in [4.69, 9.17) is 30.5 Å². The molecule has 1 aliphatic rings. The van der Waals surface area contributed by atoms with Gasteiger partial charge in [-0.15, -0.1) is 0 Å². The highest BCUT2D eigenvalue weighted by molar-refractivity contribution is 6.30. The number of methoxy groups -OCH3 is 2. The lowest BCUT2D eigenvalue weighted by Crippen LogP contribution is -2.62. The van der Waals surface area contributed by atoms with E-state index in [-0.39, 0.29) is 0 Å². The highest BCUT2D eigenvalue weighted by Crippen LogP contribution is 2.36. The molecule has 1 aromatic carbocycles. The Hall–Kier alpha value is -1.09. The maximum absolute atomic E-state index is 5.90. The van der Waals surface area contributed by atoms with Gasteiger partial charge in [-0.3, -0.25) is 0 Å². The molecule has 2 rings (SSSR count). The zero-order valence-corrected chi connectivity index (χ0v) is 13.4. The van der Waals surface area contributed by atoms with E-state index in [0.717, 1.165) is 5.56 Å². The normalized spacial score (nSPS) is 32.3. The number of rotatable bonds is 2. The molecule has 5 heteroatoms. The molecule has 0 amide bonds. The number of hydrogen-bond acceptors (Lipinski definition) is 4. The fraction of sp³-hybridized carbons (Fsp3) is 0.500. The smallest absolute Gasteiger partial charge is 0.221 e. The lowest BCUT2D eigenvalue weighted by atomic mass is 10.1. The van der Waals surface area contributed by atoms with Gasteiger partial charge in [0.05, 0.1) is 6.61 Å². The zero-order chi connectivity index (χ0) is 15.5. The van der Waals surface area contributed by atoms with Crippen molar-refractivity contribution in [3.05, 3.63) is 34.9 Å². The Balaban J connectivity index is 2.12. The third-order valence-corrected chi connectivity index (χ3v) is 3.95. The second-order valence-corrected chi connectivity index (χ2v) is 5.43. The molecule has 4 nitrogen and oxygen atoms in total. The van der Waals surface area contributed by atoms with Gasteiger partial charge in [-0.2, -0.15) is 0 Å². The summed E-state index contributed by atoms with van der Waals surface area (Å²) in [6.45, 7) is 3.86. The van der Waals surface area contributed by atoms with E-state index in [1.54, 1.807) is 40.2 Å². The molecular weight excluding hydrogens is 292 g/mol. The van der Waals surface area contributed by atoms with Crippen LogP contribution in [-0.2, 0) is 18.9 Å². The molecule has 1 aliphatic heterocycles. The minimum absolute atomic E-state index is 0.309. The Kier molecular flexibility index (Phi) is 4.92. The van der Waals surface area contributed by atoms with E-state index in [1.807, 2.05) is 12.1 Å². The molecule has 0 saturated carbocycles. The average Bonchev–Trinajstić information content (AvgIpc) is 2.50. The standard InChI is InChI=1S/C16H19ClO4/c1-15(18-3)16(2,19-4)21-14(11-20-15)10-7-12-5-8-13(17)9-6-12/h5-6,8-9,14H,11H2,1-4H3/t14-,15+,16+/m0/s1. The first-order chi connectivity index (χ1) is 9.92. The maximum Gasteiger partial charge on any atom is 0.221 e. The molecule has 0 spiro atoms. The largest absolute Gasteiger partial charge is 0.349 e. The fourth-order valence-electron chi connectivity index (χ4n) is 2.02. The van der Waals surface area contributed by atoms with Crippen LogP contribution in [-0.4, -0.2) is 38.5 Å². The van der Waals surface area contributed by atoms with Crippen LogP contribution in [0.1, 0.15) is 19.4 Å². The molecule has 0 radical (unpaired) electrons. The topological polar surface area (TPSA) is 36.9 Å². The summed E-state index contributed by atoms with van der Waals surface area (Å²) in [6, 6.07) is 7.30. The van der Waals surface area contributed by atoms with Crippen molar-refractivity contribution in [2.45, 2.75) is 31.5 Å². The van der Waals surface area contributed by atoms with Gasteiger partial charge in [0.1, 0.15) is 6.10 Å². The van der Waals surface area contributed by atoms with Crippen molar-refractivity contribution in [2.24, 2.45) is 0 Å². The zero-order valence-electron chi connectivity index (χ0n) is 12.6. The van der Waals surface area contributed by atoms with E-state index in [0.29, 0.717) is 11.6 Å². The fourth-order valence-corrected chi connectivity index (χ4v) is 2.15. The number of halogens is 1. The Bertz CT molecular complexity index is 548. The third kappa shape index (κ3) is 3.39. The van der Waals surface area contributed by atoms with E-state index < -0.39 is 17.7 Å². The van der Waals surface area contributed by atoms with Crippen molar-refractivity contribution in [2.75, 3.05) is 20.8 Å². The van der Waals surface area contributed by atoms with Crippen molar-refractivity contribution < 1.29 is 18.9 Å². The van der Waals surface area contributed by atoms with Gasteiger partial charge < -0.3 is 18.9 Å². The predicted molar refractivity (Wildman–Crippen MR) is 80.0 cm³/mol. The van der Waals surface area contributed by atoms with Crippen molar-refractivity contribution in [3.8, 4) is 11.8 Å². The van der Waals surface area contributed by atoms with E-state index >= 15 is 0 Å². The van der Waals surface area contributed by atoms with Crippen molar-refractivity contribution in [1.29, 1.82) is 0 Å². The molecule has 1 aromatic rings. The first kappa shape index (κ1) is 16.3. The van der Waals surface area contributed by atoms with Gasteiger partial charge in [0.25, 0.3) is 0 Å².